The van der Waals surface area contributed by atoms with Crippen LogP contribution in [0.15, 0.2) is 47.5 Å². The molecule has 1 amide bonds. The quantitative estimate of drug-likeness (QED) is 0.353. The standard InChI is InChI=1S/C23H25N5O2.CH2O2/c1-5-18-6-9-27(14-15(18)2)11-8-24-23(29)19-7-10-28-20(13-25-21(28)12-19)22-16(3)26-30-17(22)4;2-1-3/h6-7,9-10,12-14H,5,8,11H2,1-4H3;1H,(H,2,3). The van der Waals surface area contributed by atoms with Crippen molar-refractivity contribution < 1.29 is 23.8 Å². The van der Waals surface area contributed by atoms with Crippen molar-refractivity contribution in [2.75, 3.05) is 6.54 Å². The number of carboxylic acid groups (broad SMARTS) is 1. The summed E-state index contributed by atoms with van der Waals surface area (Å²) < 4.78 is 9.32. The monoisotopic (exact) mass is 449 g/mol. The van der Waals surface area contributed by atoms with Crippen LogP contribution >= 0.6 is 0 Å². The van der Waals surface area contributed by atoms with Crippen molar-refractivity contribution in [3.63, 3.8) is 0 Å². The highest BCUT2D eigenvalue weighted by Crippen LogP contribution is 2.27. The van der Waals surface area contributed by atoms with Gasteiger partial charge in [0, 0.05) is 29.9 Å². The second-order valence-corrected chi connectivity index (χ2v) is 7.58. The number of nitrogens with one attached hydrogen (secondary N) is 1. The fourth-order valence-corrected chi connectivity index (χ4v) is 3.78. The van der Waals surface area contributed by atoms with E-state index < -0.39 is 6.47 Å². The first-order valence-electron chi connectivity index (χ1n) is 10.6. The molecular weight excluding hydrogens is 422 g/mol. The lowest BCUT2D eigenvalue weighted by Crippen LogP contribution is -2.40. The predicted molar refractivity (Wildman–Crippen MR) is 119 cm³/mol. The van der Waals surface area contributed by atoms with E-state index in [1.54, 1.807) is 18.3 Å². The summed E-state index contributed by atoms with van der Waals surface area (Å²) in [5, 5.41) is 15.3. The molecular formula is C24H27N5O4. The summed E-state index contributed by atoms with van der Waals surface area (Å²) in [6, 6.07) is 5.74. The number of hydrogen-bond acceptors (Lipinski definition) is 6. The molecule has 0 saturated heterocycles. The van der Waals surface area contributed by atoms with Gasteiger partial charge in [0.25, 0.3) is 5.91 Å². The van der Waals surface area contributed by atoms with Gasteiger partial charge in [0.05, 0.1) is 29.7 Å². The molecule has 0 atom stereocenters. The van der Waals surface area contributed by atoms with Gasteiger partial charge in [-0.1, -0.05) is 12.1 Å². The van der Waals surface area contributed by atoms with Crippen LogP contribution in [0.4, 0.5) is 0 Å². The van der Waals surface area contributed by atoms with Crippen molar-refractivity contribution in [3.05, 3.63) is 71.1 Å². The Kier molecular flexibility index (Phi) is 7.55. The number of hydrogen-bond donors (Lipinski definition) is 1. The molecule has 9 heteroatoms. The fourth-order valence-electron chi connectivity index (χ4n) is 3.78. The van der Waals surface area contributed by atoms with E-state index >= 15 is 0 Å². The normalized spacial score (nSPS) is 10.5. The van der Waals surface area contributed by atoms with Crippen LogP contribution < -0.4 is 15.0 Å². The van der Waals surface area contributed by atoms with Crippen LogP contribution in [0.3, 0.4) is 0 Å². The number of imidazole rings is 1. The summed E-state index contributed by atoms with van der Waals surface area (Å²) in [6.07, 6.45) is 8.85. The Hall–Kier alpha value is -4.01. The largest absolute Gasteiger partial charge is 0.554 e. The summed E-state index contributed by atoms with van der Waals surface area (Å²) >= 11 is 0. The first-order valence-corrected chi connectivity index (χ1v) is 10.6. The minimum Gasteiger partial charge on any atom is -0.554 e. The van der Waals surface area contributed by atoms with Crippen LogP contribution in [0.2, 0.25) is 0 Å². The molecule has 4 aromatic rings. The molecule has 33 heavy (non-hydrogen) atoms. The number of pyridine rings is 2. The molecule has 0 aliphatic heterocycles. The third-order valence-electron chi connectivity index (χ3n) is 5.43. The minimum absolute atomic E-state index is 0.109. The van der Waals surface area contributed by atoms with E-state index in [0.29, 0.717) is 17.8 Å². The molecule has 0 saturated carbocycles. The van der Waals surface area contributed by atoms with Gasteiger partial charge in [0.1, 0.15) is 11.4 Å². The number of carbonyl (C=O) groups is 2. The van der Waals surface area contributed by atoms with Crippen molar-refractivity contribution in [3.8, 4) is 11.3 Å². The Morgan fingerprint density at radius 1 is 1.30 bits per heavy atom. The van der Waals surface area contributed by atoms with Crippen LogP contribution in [0.25, 0.3) is 16.9 Å². The maximum absolute atomic E-state index is 12.6. The van der Waals surface area contributed by atoms with Crippen molar-refractivity contribution in [1.29, 1.82) is 0 Å². The maximum Gasteiger partial charge on any atom is 0.251 e. The van der Waals surface area contributed by atoms with Gasteiger partial charge in [0.2, 0.25) is 0 Å². The second-order valence-electron chi connectivity index (χ2n) is 7.58. The van der Waals surface area contributed by atoms with E-state index in [9.17, 15) is 4.79 Å². The van der Waals surface area contributed by atoms with Gasteiger partial charge in [0.15, 0.2) is 18.9 Å². The first kappa shape index (κ1) is 23.6. The van der Waals surface area contributed by atoms with Crippen LogP contribution in [0.5, 0.6) is 0 Å². The molecule has 0 radical (unpaired) electrons. The van der Waals surface area contributed by atoms with Crippen LogP contribution in [0.1, 0.15) is 39.9 Å². The lowest BCUT2D eigenvalue weighted by molar-refractivity contribution is -0.695. The lowest BCUT2D eigenvalue weighted by Gasteiger charge is -2.06. The van der Waals surface area contributed by atoms with E-state index in [-0.39, 0.29) is 5.91 Å². The molecule has 0 unspecified atom stereocenters. The van der Waals surface area contributed by atoms with E-state index in [1.807, 2.05) is 24.4 Å². The third-order valence-corrected chi connectivity index (χ3v) is 5.43. The molecule has 0 aromatic carbocycles. The molecule has 0 aliphatic carbocycles. The third kappa shape index (κ3) is 5.25. The molecule has 9 nitrogen and oxygen atoms in total. The van der Waals surface area contributed by atoms with Crippen molar-refractivity contribution in [1.82, 2.24) is 19.9 Å². The van der Waals surface area contributed by atoms with E-state index in [1.165, 1.54) is 11.1 Å². The highest BCUT2D eigenvalue weighted by atomic mass is 16.5. The predicted octanol–water partition coefficient (Wildman–Crippen LogP) is 1.56. The Morgan fingerprint density at radius 3 is 2.70 bits per heavy atom. The number of carbonyl (C=O) groups excluding carboxylic acids is 2. The Morgan fingerprint density at radius 2 is 2.06 bits per heavy atom. The topological polar surface area (TPSA) is 116 Å². The second kappa shape index (κ2) is 10.5. The molecule has 172 valence electrons. The van der Waals surface area contributed by atoms with E-state index in [4.69, 9.17) is 14.4 Å². The van der Waals surface area contributed by atoms with Gasteiger partial charge in [-0.3, -0.25) is 9.20 Å². The van der Waals surface area contributed by atoms with Gasteiger partial charge in [-0.05, 0) is 44.9 Å². The number of aromatic nitrogens is 4. The summed E-state index contributed by atoms with van der Waals surface area (Å²) in [5.74, 6) is 0.637. The Bertz CT molecular complexity index is 1260. The summed E-state index contributed by atoms with van der Waals surface area (Å²) in [7, 11) is 0. The number of nitrogens with zero attached hydrogens (tertiary/aromatic N) is 4. The minimum atomic E-state index is -0.500. The van der Waals surface area contributed by atoms with E-state index in [0.717, 1.165) is 35.7 Å². The molecule has 4 heterocycles. The van der Waals surface area contributed by atoms with E-state index in [2.05, 4.69) is 52.3 Å². The summed E-state index contributed by atoms with van der Waals surface area (Å²) in [4.78, 5) is 25.3. The highest BCUT2D eigenvalue weighted by Gasteiger charge is 2.17. The number of fused-ring (bicyclic) bond motifs is 1. The Balaban J connectivity index is 0.000000968. The molecule has 4 rings (SSSR count). The number of amides is 1. The fraction of sp³-hybridized carbons (Fsp3) is 0.292. The van der Waals surface area contributed by atoms with Gasteiger partial charge >= 0.3 is 0 Å². The van der Waals surface area contributed by atoms with Crippen molar-refractivity contribution in [2.45, 2.75) is 40.7 Å². The van der Waals surface area contributed by atoms with Crippen LogP contribution in [-0.4, -0.2) is 33.5 Å². The number of aryl methyl sites for hydroxylation is 4. The average molecular weight is 450 g/mol. The zero-order valence-electron chi connectivity index (χ0n) is 19.2. The first-order chi connectivity index (χ1) is 15.9. The number of rotatable bonds is 6. The molecule has 0 bridgehead atoms. The van der Waals surface area contributed by atoms with Crippen LogP contribution in [-0.2, 0) is 17.8 Å². The molecule has 0 aliphatic rings. The Labute approximate surface area is 191 Å². The molecule has 0 spiro atoms. The SMILES string of the molecule is CCc1cc[n+](CCNC(=O)c2ccn3c(-c4c(C)noc4C)cnc3c2)cc1C.O=C[O-]. The van der Waals surface area contributed by atoms with Gasteiger partial charge < -0.3 is 19.7 Å². The smallest absolute Gasteiger partial charge is 0.251 e. The summed E-state index contributed by atoms with van der Waals surface area (Å²) in [6.45, 7) is 8.83. The lowest BCUT2D eigenvalue weighted by atomic mass is 10.1. The van der Waals surface area contributed by atoms with Gasteiger partial charge in [-0.2, -0.15) is 0 Å². The van der Waals surface area contributed by atoms with Crippen molar-refractivity contribution >= 4 is 18.0 Å². The summed E-state index contributed by atoms with van der Waals surface area (Å²) in [5.41, 5.74) is 6.55. The molecule has 1 N–H and O–H groups in total. The van der Waals surface area contributed by atoms with Gasteiger partial charge in [-0.25, -0.2) is 9.55 Å². The highest BCUT2D eigenvalue weighted by molar-refractivity contribution is 5.95. The average Bonchev–Trinajstić information content (AvgIpc) is 3.36. The molecule has 4 aromatic heterocycles. The maximum atomic E-state index is 12.6. The zero-order chi connectivity index (χ0) is 24.0. The van der Waals surface area contributed by atoms with Gasteiger partial charge in [-0.15, -0.1) is 0 Å². The van der Waals surface area contributed by atoms with Crippen molar-refractivity contribution in [2.24, 2.45) is 0 Å². The zero-order valence-corrected chi connectivity index (χ0v) is 19.2. The molecule has 0 fully saturated rings. The van der Waals surface area contributed by atoms with Crippen LogP contribution in [0, 0.1) is 20.8 Å².